The van der Waals surface area contributed by atoms with Crippen LogP contribution in [0.1, 0.15) is 36.8 Å². The number of benzene rings is 1. The maximum Gasteiger partial charge on any atom is 0.416 e. The summed E-state index contributed by atoms with van der Waals surface area (Å²) in [6.45, 7) is 0.163. The van der Waals surface area contributed by atoms with Gasteiger partial charge in [0.05, 0.1) is 5.56 Å². The van der Waals surface area contributed by atoms with Crippen molar-refractivity contribution in [2.45, 2.75) is 38.4 Å². The van der Waals surface area contributed by atoms with Gasteiger partial charge in [-0.05, 0) is 48.8 Å². The van der Waals surface area contributed by atoms with Crippen molar-refractivity contribution in [1.82, 2.24) is 5.32 Å². The molecule has 1 N–H and O–H groups in total. The van der Waals surface area contributed by atoms with Crippen molar-refractivity contribution in [2.75, 3.05) is 0 Å². The van der Waals surface area contributed by atoms with E-state index in [1.807, 2.05) is 0 Å². The quantitative estimate of drug-likeness (QED) is 0.904. The molecule has 0 heterocycles. The summed E-state index contributed by atoms with van der Waals surface area (Å²) in [5.41, 5.74) is -0.185. The van der Waals surface area contributed by atoms with Crippen LogP contribution < -0.4 is 5.32 Å². The molecule has 2 saturated carbocycles. The molecule has 0 saturated heterocycles. The Morgan fingerprint density at radius 2 is 2.05 bits per heavy atom. The largest absolute Gasteiger partial charge is 0.416 e. The molecule has 0 aliphatic heterocycles. The molecule has 0 unspecified atom stereocenters. The first-order valence-corrected chi connectivity index (χ1v) is 7.37. The van der Waals surface area contributed by atoms with Crippen molar-refractivity contribution >= 4 is 5.91 Å². The molecule has 2 nitrogen and oxygen atoms in total. The van der Waals surface area contributed by atoms with Crippen LogP contribution in [-0.4, -0.2) is 5.91 Å². The SMILES string of the molecule is O=C(NCc1cccc(C(F)(F)F)c1)[C@@H]1C[C@H]2CC[C@@H]1C2. The second-order valence-electron chi connectivity index (χ2n) is 6.20. The van der Waals surface area contributed by atoms with Gasteiger partial charge in [0.15, 0.2) is 0 Å². The Kier molecular flexibility index (Phi) is 3.68. The van der Waals surface area contributed by atoms with Crippen molar-refractivity contribution in [3.05, 3.63) is 35.4 Å². The van der Waals surface area contributed by atoms with Gasteiger partial charge in [-0.3, -0.25) is 4.79 Å². The summed E-state index contributed by atoms with van der Waals surface area (Å²) in [7, 11) is 0. The smallest absolute Gasteiger partial charge is 0.352 e. The van der Waals surface area contributed by atoms with Gasteiger partial charge in [-0.1, -0.05) is 18.6 Å². The zero-order valence-electron chi connectivity index (χ0n) is 11.6. The molecule has 1 aromatic rings. The number of fused-ring (bicyclic) bond motifs is 2. The minimum atomic E-state index is -4.34. The summed E-state index contributed by atoms with van der Waals surface area (Å²) >= 11 is 0. The van der Waals surface area contributed by atoms with E-state index in [-0.39, 0.29) is 18.4 Å². The average molecular weight is 297 g/mol. The molecule has 1 aromatic carbocycles. The number of carbonyl (C=O) groups is 1. The van der Waals surface area contributed by atoms with Crippen molar-refractivity contribution in [2.24, 2.45) is 17.8 Å². The Bertz CT molecular complexity index is 541. The Balaban J connectivity index is 1.59. The van der Waals surface area contributed by atoms with Crippen LogP contribution in [0, 0.1) is 17.8 Å². The summed E-state index contributed by atoms with van der Waals surface area (Å²) in [5.74, 6) is 1.23. The molecule has 2 aliphatic rings. The van der Waals surface area contributed by atoms with Gasteiger partial charge in [-0.25, -0.2) is 0 Å². The third-order valence-electron chi connectivity index (χ3n) is 4.80. The van der Waals surface area contributed by atoms with Crippen LogP contribution in [0.15, 0.2) is 24.3 Å². The highest BCUT2D eigenvalue weighted by molar-refractivity contribution is 5.79. The second-order valence-corrected chi connectivity index (χ2v) is 6.20. The van der Waals surface area contributed by atoms with Crippen LogP contribution in [-0.2, 0) is 17.5 Å². The van der Waals surface area contributed by atoms with Gasteiger partial charge >= 0.3 is 6.18 Å². The number of halogens is 3. The van der Waals surface area contributed by atoms with E-state index in [1.54, 1.807) is 6.07 Å². The molecule has 5 heteroatoms. The summed E-state index contributed by atoms with van der Waals surface area (Å²) in [6.07, 6.45) is 0.0831. The average Bonchev–Trinajstić information content (AvgIpc) is 3.07. The summed E-state index contributed by atoms with van der Waals surface area (Å²) in [4.78, 5) is 12.2. The summed E-state index contributed by atoms with van der Waals surface area (Å²) in [5, 5.41) is 2.80. The van der Waals surface area contributed by atoms with Crippen LogP contribution in [0.25, 0.3) is 0 Å². The first-order chi connectivity index (χ1) is 9.93. The maximum absolute atomic E-state index is 12.6. The Morgan fingerprint density at radius 3 is 2.67 bits per heavy atom. The fourth-order valence-electron chi connectivity index (χ4n) is 3.74. The number of hydrogen-bond acceptors (Lipinski definition) is 1. The predicted octanol–water partition coefficient (Wildman–Crippen LogP) is 3.76. The second kappa shape index (κ2) is 5.35. The molecule has 21 heavy (non-hydrogen) atoms. The van der Waals surface area contributed by atoms with E-state index in [9.17, 15) is 18.0 Å². The number of carbonyl (C=O) groups excluding carboxylic acids is 1. The van der Waals surface area contributed by atoms with Crippen molar-refractivity contribution in [1.29, 1.82) is 0 Å². The maximum atomic E-state index is 12.6. The van der Waals surface area contributed by atoms with Crippen molar-refractivity contribution in [3.8, 4) is 0 Å². The third-order valence-corrected chi connectivity index (χ3v) is 4.80. The summed E-state index contributed by atoms with van der Waals surface area (Å²) < 4.78 is 37.9. The molecular formula is C16H18F3NO. The van der Waals surface area contributed by atoms with E-state index < -0.39 is 11.7 Å². The van der Waals surface area contributed by atoms with Crippen LogP contribution in [0.5, 0.6) is 0 Å². The van der Waals surface area contributed by atoms with Crippen LogP contribution >= 0.6 is 0 Å². The lowest BCUT2D eigenvalue weighted by Gasteiger charge is -2.20. The van der Waals surface area contributed by atoms with E-state index in [4.69, 9.17) is 0 Å². The highest BCUT2D eigenvalue weighted by Gasteiger charge is 2.42. The lowest BCUT2D eigenvalue weighted by molar-refractivity contribution is -0.137. The van der Waals surface area contributed by atoms with Gasteiger partial charge in [0.1, 0.15) is 0 Å². The minimum absolute atomic E-state index is 0.000360. The lowest BCUT2D eigenvalue weighted by Crippen LogP contribution is -2.33. The third kappa shape index (κ3) is 3.06. The Hall–Kier alpha value is -1.52. The highest BCUT2D eigenvalue weighted by Crippen LogP contribution is 2.48. The van der Waals surface area contributed by atoms with Gasteiger partial charge < -0.3 is 5.32 Å². The molecule has 114 valence electrons. The van der Waals surface area contributed by atoms with E-state index in [0.717, 1.165) is 31.4 Å². The van der Waals surface area contributed by atoms with E-state index >= 15 is 0 Å². The molecule has 0 spiro atoms. The molecule has 0 aromatic heterocycles. The highest BCUT2D eigenvalue weighted by atomic mass is 19.4. The van der Waals surface area contributed by atoms with Gasteiger partial charge in [-0.2, -0.15) is 13.2 Å². The van der Waals surface area contributed by atoms with Crippen LogP contribution in [0.3, 0.4) is 0 Å². The van der Waals surface area contributed by atoms with E-state index in [0.29, 0.717) is 17.4 Å². The first kappa shape index (κ1) is 14.4. The fraction of sp³-hybridized carbons (Fsp3) is 0.562. The fourth-order valence-corrected chi connectivity index (χ4v) is 3.74. The van der Waals surface area contributed by atoms with Gasteiger partial charge in [0.25, 0.3) is 0 Å². The Morgan fingerprint density at radius 1 is 1.24 bits per heavy atom. The van der Waals surface area contributed by atoms with Crippen LogP contribution in [0.4, 0.5) is 13.2 Å². The molecular weight excluding hydrogens is 279 g/mol. The minimum Gasteiger partial charge on any atom is -0.352 e. The first-order valence-electron chi connectivity index (χ1n) is 7.37. The molecule has 2 aliphatic carbocycles. The van der Waals surface area contributed by atoms with Crippen LogP contribution in [0.2, 0.25) is 0 Å². The molecule has 1 amide bonds. The number of hydrogen-bond donors (Lipinski definition) is 1. The Labute approximate surface area is 121 Å². The van der Waals surface area contributed by atoms with Gasteiger partial charge in [0, 0.05) is 12.5 Å². The monoisotopic (exact) mass is 297 g/mol. The number of nitrogens with one attached hydrogen (secondary N) is 1. The molecule has 2 fully saturated rings. The standard InChI is InChI=1S/C16H18F3NO/c17-16(18,19)13-3-1-2-11(7-13)9-20-15(21)14-8-10-4-5-12(14)6-10/h1-3,7,10,12,14H,4-6,8-9H2,(H,20,21)/t10-,12+,14+/m0/s1. The van der Waals surface area contributed by atoms with E-state index in [1.165, 1.54) is 12.5 Å². The summed E-state index contributed by atoms with van der Waals surface area (Å²) in [6, 6.07) is 5.13. The lowest BCUT2D eigenvalue weighted by atomic mass is 9.88. The topological polar surface area (TPSA) is 29.1 Å². The number of alkyl halides is 3. The molecule has 3 rings (SSSR count). The van der Waals surface area contributed by atoms with Gasteiger partial charge in [-0.15, -0.1) is 0 Å². The molecule has 0 radical (unpaired) electrons. The number of amides is 1. The molecule has 2 bridgehead atoms. The zero-order valence-corrected chi connectivity index (χ0v) is 11.6. The zero-order chi connectivity index (χ0) is 15.0. The number of rotatable bonds is 3. The van der Waals surface area contributed by atoms with Crippen molar-refractivity contribution in [3.63, 3.8) is 0 Å². The van der Waals surface area contributed by atoms with E-state index in [2.05, 4.69) is 5.32 Å². The normalized spacial score (nSPS) is 27.9. The van der Waals surface area contributed by atoms with Crippen molar-refractivity contribution < 1.29 is 18.0 Å². The predicted molar refractivity (Wildman–Crippen MR) is 72.2 cm³/mol. The molecule has 3 atom stereocenters. The van der Waals surface area contributed by atoms with Gasteiger partial charge in [0.2, 0.25) is 5.91 Å².